The molecule has 0 heterocycles. The van der Waals surface area contributed by atoms with Crippen LogP contribution in [0.3, 0.4) is 0 Å². The fourth-order valence-corrected chi connectivity index (χ4v) is 4.62. The summed E-state index contributed by atoms with van der Waals surface area (Å²) in [6, 6.07) is 11.8. The van der Waals surface area contributed by atoms with Crippen LogP contribution in [-0.2, 0) is 26.2 Å². The molecule has 2 atom stereocenters. The van der Waals surface area contributed by atoms with Gasteiger partial charge in [-0.1, -0.05) is 61.3 Å². The molecule has 2 aromatic carbocycles. The number of aryl methyl sites for hydroxylation is 2. The van der Waals surface area contributed by atoms with Gasteiger partial charge in [0.1, 0.15) is 12.6 Å². The van der Waals surface area contributed by atoms with Crippen LogP contribution in [0.2, 0.25) is 5.02 Å². The summed E-state index contributed by atoms with van der Waals surface area (Å²) in [7, 11) is -3.80. The Morgan fingerprint density at radius 1 is 1.03 bits per heavy atom. The van der Waals surface area contributed by atoms with Gasteiger partial charge in [0.15, 0.2) is 0 Å². The van der Waals surface area contributed by atoms with E-state index >= 15 is 0 Å². The molecule has 0 aliphatic rings. The van der Waals surface area contributed by atoms with Crippen molar-refractivity contribution in [1.29, 1.82) is 0 Å². The molecular formula is C26H36ClN3O4S. The molecular weight excluding hydrogens is 486 g/mol. The second kappa shape index (κ2) is 12.4. The average molecular weight is 522 g/mol. The van der Waals surface area contributed by atoms with Crippen molar-refractivity contribution in [1.82, 2.24) is 10.2 Å². The van der Waals surface area contributed by atoms with Gasteiger partial charge in [-0.2, -0.15) is 0 Å². The monoisotopic (exact) mass is 521 g/mol. The van der Waals surface area contributed by atoms with Gasteiger partial charge in [0.2, 0.25) is 21.8 Å². The summed E-state index contributed by atoms with van der Waals surface area (Å²) in [5.41, 5.74) is 3.02. The maximum absolute atomic E-state index is 13.7. The quantitative estimate of drug-likeness (QED) is 0.473. The number of anilines is 1. The van der Waals surface area contributed by atoms with Gasteiger partial charge in [0.25, 0.3) is 0 Å². The highest BCUT2D eigenvalue weighted by Gasteiger charge is 2.32. The summed E-state index contributed by atoms with van der Waals surface area (Å²) in [4.78, 5) is 28.2. The van der Waals surface area contributed by atoms with Crippen molar-refractivity contribution in [3.63, 3.8) is 0 Å². The zero-order chi connectivity index (χ0) is 26.3. The molecule has 0 aliphatic carbocycles. The largest absolute Gasteiger partial charge is 0.352 e. The van der Waals surface area contributed by atoms with Crippen molar-refractivity contribution in [3.05, 3.63) is 64.2 Å². The SMILES string of the molecule is CC[C@H](C(=O)N[C@@H](C)CC)N(Cc1ccc(C)cc1)C(=O)CN(c1ccc(C)c(Cl)c1)S(C)(=O)=O. The lowest BCUT2D eigenvalue weighted by molar-refractivity contribution is -0.140. The Hall–Kier alpha value is -2.58. The molecule has 9 heteroatoms. The van der Waals surface area contributed by atoms with Crippen LogP contribution in [0.15, 0.2) is 42.5 Å². The molecule has 2 rings (SSSR count). The number of hydrogen-bond donors (Lipinski definition) is 1. The average Bonchev–Trinajstić information content (AvgIpc) is 2.79. The van der Waals surface area contributed by atoms with Gasteiger partial charge in [-0.15, -0.1) is 0 Å². The maximum Gasteiger partial charge on any atom is 0.244 e. The van der Waals surface area contributed by atoms with E-state index in [0.29, 0.717) is 17.1 Å². The number of carbonyl (C=O) groups is 2. The van der Waals surface area contributed by atoms with E-state index in [-0.39, 0.29) is 18.5 Å². The number of hydrogen-bond acceptors (Lipinski definition) is 4. The fraction of sp³-hybridized carbons (Fsp3) is 0.462. The summed E-state index contributed by atoms with van der Waals surface area (Å²) < 4.78 is 26.4. The molecule has 7 nitrogen and oxygen atoms in total. The topological polar surface area (TPSA) is 86.8 Å². The highest BCUT2D eigenvalue weighted by atomic mass is 35.5. The lowest BCUT2D eigenvalue weighted by Crippen LogP contribution is -2.53. The van der Waals surface area contributed by atoms with Gasteiger partial charge >= 0.3 is 0 Å². The number of halogens is 1. The number of nitrogens with one attached hydrogen (secondary N) is 1. The summed E-state index contributed by atoms with van der Waals surface area (Å²) in [5, 5.41) is 3.36. The van der Waals surface area contributed by atoms with Gasteiger partial charge in [0, 0.05) is 17.6 Å². The van der Waals surface area contributed by atoms with E-state index in [1.807, 2.05) is 58.9 Å². The number of nitrogens with zero attached hydrogens (tertiary/aromatic N) is 2. The Balaban J connectivity index is 2.45. The van der Waals surface area contributed by atoms with E-state index in [2.05, 4.69) is 5.32 Å². The van der Waals surface area contributed by atoms with Crippen molar-refractivity contribution in [2.24, 2.45) is 0 Å². The number of sulfonamides is 1. The number of rotatable bonds is 11. The third-order valence-electron chi connectivity index (χ3n) is 5.98. The lowest BCUT2D eigenvalue weighted by atomic mass is 10.1. The van der Waals surface area contributed by atoms with Gasteiger partial charge < -0.3 is 10.2 Å². The van der Waals surface area contributed by atoms with E-state index in [1.54, 1.807) is 12.1 Å². The van der Waals surface area contributed by atoms with Crippen LogP contribution in [0.4, 0.5) is 5.69 Å². The first-order valence-electron chi connectivity index (χ1n) is 11.8. The van der Waals surface area contributed by atoms with Crippen molar-refractivity contribution in [3.8, 4) is 0 Å². The number of carbonyl (C=O) groups excluding carboxylic acids is 2. The minimum Gasteiger partial charge on any atom is -0.352 e. The molecule has 0 saturated carbocycles. The van der Waals surface area contributed by atoms with Crippen LogP contribution >= 0.6 is 11.6 Å². The molecule has 1 N–H and O–H groups in total. The Bertz CT molecular complexity index is 1140. The molecule has 2 amide bonds. The summed E-state index contributed by atoms with van der Waals surface area (Å²) in [6.45, 7) is 9.23. The van der Waals surface area contributed by atoms with Crippen LogP contribution in [0.25, 0.3) is 0 Å². The van der Waals surface area contributed by atoms with Gasteiger partial charge in [0.05, 0.1) is 11.9 Å². The zero-order valence-corrected chi connectivity index (χ0v) is 22.9. The Morgan fingerprint density at radius 3 is 2.17 bits per heavy atom. The number of benzene rings is 2. The summed E-state index contributed by atoms with van der Waals surface area (Å²) in [6.07, 6.45) is 2.19. The first-order chi connectivity index (χ1) is 16.4. The lowest BCUT2D eigenvalue weighted by Gasteiger charge is -2.33. The molecule has 2 aromatic rings. The molecule has 0 aliphatic heterocycles. The summed E-state index contributed by atoms with van der Waals surface area (Å²) >= 11 is 6.23. The first-order valence-corrected chi connectivity index (χ1v) is 14.0. The van der Waals surface area contributed by atoms with Crippen molar-refractivity contribution in [2.45, 2.75) is 66.1 Å². The van der Waals surface area contributed by atoms with Gasteiger partial charge in [-0.25, -0.2) is 8.42 Å². The third-order valence-corrected chi connectivity index (χ3v) is 7.53. The third kappa shape index (κ3) is 7.97. The highest BCUT2D eigenvalue weighted by molar-refractivity contribution is 7.92. The van der Waals surface area contributed by atoms with Crippen LogP contribution in [-0.4, -0.2) is 50.0 Å². The molecule has 0 aromatic heterocycles. The molecule has 0 radical (unpaired) electrons. The first kappa shape index (κ1) is 28.7. The van der Waals surface area contributed by atoms with Crippen molar-refractivity contribution in [2.75, 3.05) is 17.1 Å². The normalized spacial score (nSPS) is 13.1. The predicted molar refractivity (Wildman–Crippen MR) is 142 cm³/mol. The zero-order valence-electron chi connectivity index (χ0n) is 21.3. The van der Waals surface area contributed by atoms with Gasteiger partial charge in [-0.05, 0) is 56.9 Å². The van der Waals surface area contributed by atoms with Gasteiger partial charge in [-0.3, -0.25) is 13.9 Å². The molecule has 0 spiro atoms. The Labute approximate surface area is 214 Å². The Morgan fingerprint density at radius 2 is 1.66 bits per heavy atom. The fourth-order valence-electron chi connectivity index (χ4n) is 3.60. The van der Waals surface area contributed by atoms with E-state index in [9.17, 15) is 18.0 Å². The number of amides is 2. The van der Waals surface area contributed by atoms with Crippen LogP contribution in [0, 0.1) is 13.8 Å². The van der Waals surface area contributed by atoms with E-state index in [1.165, 1.54) is 11.0 Å². The minimum atomic E-state index is -3.80. The van der Waals surface area contributed by atoms with E-state index in [0.717, 1.165) is 33.7 Å². The molecule has 0 unspecified atom stereocenters. The molecule has 0 saturated heterocycles. The molecule has 35 heavy (non-hydrogen) atoms. The van der Waals surface area contributed by atoms with Crippen molar-refractivity contribution < 1.29 is 18.0 Å². The van der Waals surface area contributed by atoms with E-state index in [4.69, 9.17) is 11.6 Å². The summed E-state index contributed by atoms with van der Waals surface area (Å²) in [5.74, 6) is -0.731. The standard InChI is InChI=1S/C26H36ClN3O4S/c1-7-20(5)28-26(32)24(8-2)29(16-21-12-9-18(3)10-13-21)25(31)17-30(35(6,33)34)22-14-11-19(4)23(27)15-22/h9-15,20,24H,7-8,16-17H2,1-6H3,(H,28,32)/t20-,24+/m0/s1. The highest BCUT2D eigenvalue weighted by Crippen LogP contribution is 2.25. The predicted octanol–water partition coefficient (Wildman–Crippen LogP) is 4.44. The molecule has 0 fully saturated rings. The minimum absolute atomic E-state index is 0.0462. The van der Waals surface area contributed by atoms with E-state index < -0.39 is 28.5 Å². The van der Waals surface area contributed by atoms with Crippen LogP contribution < -0.4 is 9.62 Å². The molecule has 0 bridgehead atoms. The Kier molecular flexibility index (Phi) is 10.2. The molecule has 192 valence electrons. The van der Waals surface area contributed by atoms with Crippen LogP contribution in [0.5, 0.6) is 0 Å². The second-order valence-corrected chi connectivity index (χ2v) is 11.3. The second-order valence-electron chi connectivity index (χ2n) is 8.95. The van der Waals surface area contributed by atoms with Crippen LogP contribution in [0.1, 0.15) is 50.3 Å². The smallest absolute Gasteiger partial charge is 0.244 e. The maximum atomic E-state index is 13.7. The van der Waals surface area contributed by atoms with Crippen molar-refractivity contribution >= 4 is 39.1 Å².